The van der Waals surface area contributed by atoms with Crippen LogP contribution in [0, 0.1) is 0 Å². The van der Waals surface area contributed by atoms with Crippen LogP contribution in [0.15, 0.2) is 30.3 Å². The van der Waals surface area contributed by atoms with Crippen molar-refractivity contribution in [1.29, 1.82) is 0 Å². The Balaban J connectivity index is 1.39. The number of anilines is 1. The molecule has 1 aromatic rings. The number of benzene rings is 1. The summed E-state index contributed by atoms with van der Waals surface area (Å²) in [6.45, 7) is 3.45. The van der Waals surface area contributed by atoms with E-state index in [4.69, 9.17) is 0 Å². The molecule has 2 aliphatic heterocycles. The lowest BCUT2D eigenvalue weighted by Gasteiger charge is -2.32. The Kier molecular flexibility index (Phi) is 6.46. The summed E-state index contributed by atoms with van der Waals surface area (Å²) < 4.78 is 0. The predicted molar refractivity (Wildman–Crippen MR) is 102 cm³/mol. The Morgan fingerprint density at radius 2 is 1.88 bits per heavy atom. The van der Waals surface area contributed by atoms with Crippen LogP contribution in [-0.4, -0.2) is 48.1 Å². The number of rotatable bonds is 5. The molecule has 4 N–H and O–H groups in total. The fourth-order valence-corrected chi connectivity index (χ4v) is 3.58. The van der Waals surface area contributed by atoms with E-state index in [1.165, 1.54) is 0 Å². The summed E-state index contributed by atoms with van der Waals surface area (Å²) in [6.07, 6.45) is 4.58. The van der Waals surface area contributed by atoms with Crippen LogP contribution in [0.5, 0.6) is 0 Å². The first kappa shape index (κ1) is 18.7. The smallest absolute Gasteiger partial charge is 0.321 e. The third-order valence-corrected chi connectivity index (χ3v) is 5.09. The molecule has 2 fully saturated rings. The molecule has 7 nitrogen and oxygen atoms in total. The molecule has 0 saturated carbocycles. The van der Waals surface area contributed by atoms with Crippen molar-refractivity contribution in [3.8, 4) is 0 Å². The van der Waals surface area contributed by atoms with Crippen LogP contribution in [0.2, 0.25) is 0 Å². The Morgan fingerprint density at radius 1 is 1.15 bits per heavy atom. The highest BCUT2D eigenvalue weighted by Crippen LogP contribution is 2.15. The molecule has 1 aromatic carbocycles. The molecule has 26 heavy (non-hydrogen) atoms. The highest BCUT2D eigenvalue weighted by molar-refractivity contribution is 5.89. The third-order valence-electron chi connectivity index (χ3n) is 5.09. The van der Waals surface area contributed by atoms with Crippen LogP contribution >= 0.6 is 0 Å². The van der Waals surface area contributed by atoms with Gasteiger partial charge >= 0.3 is 6.03 Å². The Labute approximate surface area is 154 Å². The number of likely N-dealkylation sites (tertiary alicyclic amines) is 1. The molecule has 0 radical (unpaired) electrons. The largest absolute Gasteiger partial charge is 0.352 e. The van der Waals surface area contributed by atoms with Crippen molar-refractivity contribution in [2.45, 2.75) is 57.2 Å². The van der Waals surface area contributed by atoms with Crippen molar-refractivity contribution in [2.24, 2.45) is 0 Å². The number of hydrogen-bond donors (Lipinski definition) is 4. The van der Waals surface area contributed by atoms with Gasteiger partial charge in [-0.3, -0.25) is 10.2 Å². The number of carbonyl (C=O) groups is 2. The van der Waals surface area contributed by atoms with Crippen LogP contribution in [-0.2, 0) is 4.79 Å². The fourth-order valence-electron chi connectivity index (χ4n) is 3.58. The SMILES string of the molecule is CCCC1CC(C(=O)NC2CCN(C(=O)Nc3ccccc3)CC2)NN1. The van der Waals surface area contributed by atoms with E-state index in [1.54, 1.807) is 0 Å². The third kappa shape index (κ3) is 4.95. The van der Waals surface area contributed by atoms with Crippen LogP contribution in [0.25, 0.3) is 0 Å². The van der Waals surface area contributed by atoms with Crippen molar-refractivity contribution in [3.63, 3.8) is 0 Å². The second kappa shape index (κ2) is 9.00. The monoisotopic (exact) mass is 359 g/mol. The maximum absolute atomic E-state index is 12.4. The summed E-state index contributed by atoms with van der Waals surface area (Å²) in [5.74, 6) is 0.0586. The zero-order valence-electron chi connectivity index (χ0n) is 15.3. The van der Waals surface area contributed by atoms with Crippen molar-refractivity contribution in [1.82, 2.24) is 21.1 Å². The minimum Gasteiger partial charge on any atom is -0.352 e. The van der Waals surface area contributed by atoms with Gasteiger partial charge in [-0.25, -0.2) is 10.2 Å². The molecule has 2 aliphatic rings. The lowest BCUT2D eigenvalue weighted by Crippen LogP contribution is -2.51. The van der Waals surface area contributed by atoms with Gasteiger partial charge in [0, 0.05) is 30.9 Å². The second-order valence-corrected chi connectivity index (χ2v) is 7.13. The summed E-state index contributed by atoms with van der Waals surface area (Å²) in [5, 5.41) is 6.04. The number of hydrazine groups is 1. The number of nitrogens with one attached hydrogen (secondary N) is 4. The molecule has 3 amide bonds. The van der Waals surface area contributed by atoms with Gasteiger partial charge in [0.25, 0.3) is 0 Å². The normalized spacial score (nSPS) is 23.7. The summed E-state index contributed by atoms with van der Waals surface area (Å²) in [4.78, 5) is 26.5. The zero-order chi connectivity index (χ0) is 18.4. The summed E-state index contributed by atoms with van der Waals surface area (Å²) in [5.41, 5.74) is 7.10. The Bertz CT molecular complexity index is 601. The van der Waals surface area contributed by atoms with Gasteiger partial charge in [-0.05, 0) is 37.8 Å². The molecule has 7 heteroatoms. The number of hydrogen-bond acceptors (Lipinski definition) is 4. The maximum Gasteiger partial charge on any atom is 0.321 e. The van der Waals surface area contributed by atoms with E-state index in [0.717, 1.165) is 37.8 Å². The van der Waals surface area contributed by atoms with Gasteiger partial charge in [-0.1, -0.05) is 31.5 Å². The molecule has 0 aromatic heterocycles. The zero-order valence-corrected chi connectivity index (χ0v) is 15.3. The molecule has 2 atom stereocenters. The number of para-hydroxylation sites is 1. The van der Waals surface area contributed by atoms with Crippen molar-refractivity contribution >= 4 is 17.6 Å². The first-order valence-electron chi connectivity index (χ1n) is 9.58. The molecule has 0 spiro atoms. The van der Waals surface area contributed by atoms with E-state index in [1.807, 2.05) is 35.2 Å². The van der Waals surface area contributed by atoms with Gasteiger partial charge in [-0.2, -0.15) is 0 Å². The number of carbonyl (C=O) groups excluding carboxylic acids is 2. The topological polar surface area (TPSA) is 85.5 Å². The molecular weight excluding hydrogens is 330 g/mol. The maximum atomic E-state index is 12.4. The van der Waals surface area contributed by atoms with Crippen LogP contribution in [0.1, 0.15) is 39.0 Å². The Hall–Kier alpha value is -2.12. The average Bonchev–Trinajstić information content (AvgIpc) is 3.12. The van der Waals surface area contributed by atoms with E-state index in [9.17, 15) is 9.59 Å². The highest BCUT2D eigenvalue weighted by Gasteiger charge is 2.31. The van der Waals surface area contributed by atoms with Gasteiger partial charge in [-0.15, -0.1) is 0 Å². The van der Waals surface area contributed by atoms with Crippen molar-refractivity contribution < 1.29 is 9.59 Å². The minimum atomic E-state index is -0.161. The lowest BCUT2D eigenvalue weighted by molar-refractivity contribution is -0.123. The average molecular weight is 359 g/mol. The molecule has 2 unspecified atom stereocenters. The molecule has 3 rings (SSSR count). The lowest BCUT2D eigenvalue weighted by atomic mass is 10.0. The first-order valence-corrected chi connectivity index (χ1v) is 9.58. The number of urea groups is 1. The molecule has 2 heterocycles. The van der Waals surface area contributed by atoms with E-state index >= 15 is 0 Å². The van der Waals surface area contributed by atoms with Gasteiger partial charge in [0.05, 0.1) is 0 Å². The first-order chi connectivity index (χ1) is 12.7. The van der Waals surface area contributed by atoms with Gasteiger partial charge < -0.3 is 15.5 Å². The Morgan fingerprint density at radius 3 is 2.58 bits per heavy atom. The van der Waals surface area contributed by atoms with Crippen molar-refractivity contribution in [3.05, 3.63) is 30.3 Å². The van der Waals surface area contributed by atoms with E-state index in [2.05, 4.69) is 28.4 Å². The fraction of sp³-hybridized carbons (Fsp3) is 0.579. The number of piperidine rings is 1. The van der Waals surface area contributed by atoms with Crippen LogP contribution in [0.4, 0.5) is 10.5 Å². The predicted octanol–water partition coefficient (Wildman–Crippen LogP) is 1.83. The summed E-state index contributed by atoms with van der Waals surface area (Å²) >= 11 is 0. The van der Waals surface area contributed by atoms with E-state index in [0.29, 0.717) is 19.1 Å². The highest BCUT2D eigenvalue weighted by atomic mass is 16.2. The number of nitrogens with zero attached hydrogens (tertiary/aromatic N) is 1. The van der Waals surface area contributed by atoms with Crippen LogP contribution < -0.4 is 21.5 Å². The van der Waals surface area contributed by atoms with Gasteiger partial charge in [0.15, 0.2) is 0 Å². The molecule has 0 bridgehead atoms. The summed E-state index contributed by atoms with van der Waals surface area (Å²) in [7, 11) is 0. The molecule has 0 aliphatic carbocycles. The number of amides is 3. The minimum absolute atomic E-state index is 0.0586. The molecular formula is C19H29N5O2. The van der Waals surface area contributed by atoms with Crippen LogP contribution in [0.3, 0.4) is 0 Å². The summed E-state index contributed by atoms with van der Waals surface area (Å²) in [6, 6.07) is 9.73. The van der Waals surface area contributed by atoms with Crippen molar-refractivity contribution in [2.75, 3.05) is 18.4 Å². The van der Waals surface area contributed by atoms with Gasteiger partial charge in [0.2, 0.25) is 5.91 Å². The molecule has 2 saturated heterocycles. The molecule has 142 valence electrons. The standard InChI is InChI=1S/C19H29N5O2/c1-2-6-16-13-17(23-22-16)18(25)20-15-9-11-24(12-10-15)19(26)21-14-7-4-3-5-8-14/h3-5,7-8,15-17,22-23H,2,6,9-13H2,1H3,(H,20,25)(H,21,26). The van der Waals surface area contributed by atoms with E-state index in [-0.39, 0.29) is 24.0 Å². The quantitative estimate of drug-likeness (QED) is 0.646. The van der Waals surface area contributed by atoms with Gasteiger partial charge in [0.1, 0.15) is 6.04 Å². The van der Waals surface area contributed by atoms with E-state index < -0.39 is 0 Å². The second-order valence-electron chi connectivity index (χ2n) is 7.13.